The number of benzene rings is 1. The molecule has 1 aliphatic rings. The molecule has 2 rings (SSSR count). The minimum absolute atomic E-state index is 0.437. The van der Waals surface area contributed by atoms with Crippen LogP contribution in [-0.4, -0.2) is 18.9 Å². The van der Waals surface area contributed by atoms with Gasteiger partial charge in [-0.3, -0.25) is 4.99 Å². The van der Waals surface area contributed by atoms with E-state index < -0.39 is 0 Å². The van der Waals surface area contributed by atoms with Gasteiger partial charge in [-0.15, -0.1) is 0 Å². The maximum Gasteiger partial charge on any atom is 0.131 e. The van der Waals surface area contributed by atoms with Crippen LogP contribution in [0.2, 0.25) is 0 Å². The smallest absolute Gasteiger partial charge is 0.131 e. The Hall–Kier alpha value is -1.31. The van der Waals surface area contributed by atoms with Crippen molar-refractivity contribution in [3.8, 4) is 5.75 Å². The van der Waals surface area contributed by atoms with Gasteiger partial charge in [0.2, 0.25) is 0 Å². The standard InChI is InChI=1S/C21H33NO/c1-6-16-9-8-10-17(20(16)23-7-2)15-22-19-13-11-18(12-14-19)21(3,4)5/h8-10,15,18-19H,6-7,11-14H2,1-5H3. The molecule has 0 spiro atoms. The summed E-state index contributed by atoms with van der Waals surface area (Å²) in [5, 5.41) is 0. The minimum atomic E-state index is 0.437. The topological polar surface area (TPSA) is 21.6 Å². The summed E-state index contributed by atoms with van der Waals surface area (Å²) in [6, 6.07) is 6.86. The van der Waals surface area contributed by atoms with Crippen molar-refractivity contribution in [1.29, 1.82) is 0 Å². The van der Waals surface area contributed by atoms with Crippen molar-refractivity contribution in [3.05, 3.63) is 29.3 Å². The Labute approximate surface area is 142 Å². The van der Waals surface area contributed by atoms with E-state index in [1.807, 2.05) is 13.1 Å². The lowest BCUT2D eigenvalue weighted by Crippen LogP contribution is -2.27. The maximum absolute atomic E-state index is 5.87. The van der Waals surface area contributed by atoms with Crippen molar-refractivity contribution < 1.29 is 4.74 Å². The van der Waals surface area contributed by atoms with E-state index in [2.05, 4.69) is 45.9 Å². The quantitative estimate of drug-likeness (QED) is 0.641. The summed E-state index contributed by atoms with van der Waals surface area (Å²) in [6.07, 6.45) is 8.09. The lowest BCUT2D eigenvalue weighted by molar-refractivity contribution is 0.170. The molecule has 1 saturated carbocycles. The van der Waals surface area contributed by atoms with Gasteiger partial charge in [-0.25, -0.2) is 0 Å². The van der Waals surface area contributed by atoms with E-state index in [4.69, 9.17) is 9.73 Å². The SMILES string of the molecule is CCOc1c(C=NC2CCC(C(C)(C)C)CC2)cccc1CC. The fraction of sp³-hybridized carbons (Fsp3) is 0.667. The number of aryl methyl sites for hydroxylation is 1. The van der Waals surface area contributed by atoms with Crippen molar-refractivity contribution in [2.75, 3.05) is 6.61 Å². The van der Waals surface area contributed by atoms with E-state index >= 15 is 0 Å². The van der Waals surface area contributed by atoms with Crippen molar-refractivity contribution in [2.45, 2.75) is 72.8 Å². The number of hydrogen-bond donors (Lipinski definition) is 0. The average molecular weight is 316 g/mol. The summed E-state index contributed by atoms with van der Waals surface area (Å²) < 4.78 is 5.87. The van der Waals surface area contributed by atoms with Gasteiger partial charge in [0.1, 0.15) is 5.75 Å². The third-order valence-corrected chi connectivity index (χ3v) is 5.14. The van der Waals surface area contributed by atoms with Crippen LogP contribution in [-0.2, 0) is 6.42 Å². The lowest BCUT2D eigenvalue weighted by Gasteiger charge is -2.35. The number of aliphatic imine (C=N–C) groups is 1. The molecule has 1 aromatic rings. The highest BCUT2D eigenvalue weighted by molar-refractivity contribution is 5.84. The van der Waals surface area contributed by atoms with E-state index in [0.717, 1.165) is 23.7 Å². The van der Waals surface area contributed by atoms with Crippen LogP contribution in [0.5, 0.6) is 5.75 Å². The number of hydrogen-bond acceptors (Lipinski definition) is 2. The molecule has 0 amide bonds. The predicted molar refractivity (Wildman–Crippen MR) is 99.8 cm³/mol. The van der Waals surface area contributed by atoms with Gasteiger partial charge in [0.25, 0.3) is 0 Å². The van der Waals surface area contributed by atoms with Crippen molar-refractivity contribution in [3.63, 3.8) is 0 Å². The molecular weight excluding hydrogens is 282 g/mol. The molecule has 128 valence electrons. The Morgan fingerprint density at radius 2 is 1.83 bits per heavy atom. The van der Waals surface area contributed by atoms with E-state index in [0.29, 0.717) is 18.1 Å². The fourth-order valence-corrected chi connectivity index (χ4v) is 3.58. The second kappa shape index (κ2) is 7.99. The molecule has 0 saturated heterocycles. The van der Waals surface area contributed by atoms with E-state index in [-0.39, 0.29) is 0 Å². The molecule has 0 atom stereocenters. The van der Waals surface area contributed by atoms with Gasteiger partial charge in [-0.05, 0) is 62.0 Å². The summed E-state index contributed by atoms with van der Waals surface area (Å²) in [5.41, 5.74) is 2.84. The van der Waals surface area contributed by atoms with Crippen LogP contribution >= 0.6 is 0 Å². The molecule has 1 fully saturated rings. The highest BCUT2D eigenvalue weighted by Gasteiger charge is 2.29. The summed E-state index contributed by atoms with van der Waals surface area (Å²) in [7, 11) is 0. The summed E-state index contributed by atoms with van der Waals surface area (Å²) in [4.78, 5) is 4.88. The molecule has 0 unspecified atom stereocenters. The van der Waals surface area contributed by atoms with Crippen LogP contribution < -0.4 is 4.74 Å². The maximum atomic E-state index is 5.87. The van der Waals surface area contributed by atoms with Gasteiger partial charge in [0, 0.05) is 17.8 Å². The third-order valence-electron chi connectivity index (χ3n) is 5.14. The highest BCUT2D eigenvalue weighted by Crippen LogP contribution is 2.38. The van der Waals surface area contributed by atoms with Crippen LogP contribution in [0.4, 0.5) is 0 Å². The van der Waals surface area contributed by atoms with E-state index in [1.54, 1.807) is 0 Å². The second-order valence-corrected chi connectivity index (χ2v) is 7.77. The Bertz CT molecular complexity index is 519. The molecule has 0 N–H and O–H groups in total. The number of rotatable bonds is 5. The van der Waals surface area contributed by atoms with Gasteiger partial charge < -0.3 is 4.74 Å². The average Bonchev–Trinajstić information content (AvgIpc) is 2.53. The van der Waals surface area contributed by atoms with E-state index in [9.17, 15) is 0 Å². The van der Waals surface area contributed by atoms with Crippen LogP contribution in [0, 0.1) is 11.3 Å². The molecule has 0 heterocycles. The van der Waals surface area contributed by atoms with Crippen LogP contribution in [0.3, 0.4) is 0 Å². The number of nitrogens with zero attached hydrogens (tertiary/aromatic N) is 1. The molecule has 0 aromatic heterocycles. The first kappa shape index (κ1) is 18.0. The Balaban J connectivity index is 2.04. The van der Waals surface area contributed by atoms with Crippen LogP contribution in [0.25, 0.3) is 0 Å². The Kier molecular flexibility index (Phi) is 6.26. The summed E-state index contributed by atoms with van der Waals surface area (Å²) in [5.74, 6) is 1.86. The summed E-state index contributed by atoms with van der Waals surface area (Å²) in [6.45, 7) is 12.0. The molecule has 1 aromatic carbocycles. The van der Waals surface area contributed by atoms with Gasteiger partial charge in [0.15, 0.2) is 0 Å². The fourth-order valence-electron chi connectivity index (χ4n) is 3.58. The first-order valence-corrected chi connectivity index (χ1v) is 9.23. The lowest BCUT2D eigenvalue weighted by atomic mass is 9.71. The summed E-state index contributed by atoms with van der Waals surface area (Å²) >= 11 is 0. The zero-order valence-corrected chi connectivity index (χ0v) is 15.6. The Morgan fingerprint density at radius 1 is 1.13 bits per heavy atom. The van der Waals surface area contributed by atoms with Crippen LogP contribution in [0.1, 0.15) is 71.4 Å². The molecular formula is C21H33NO. The molecule has 2 heteroatoms. The van der Waals surface area contributed by atoms with Crippen LogP contribution in [0.15, 0.2) is 23.2 Å². The van der Waals surface area contributed by atoms with Gasteiger partial charge in [-0.2, -0.15) is 0 Å². The first-order chi connectivity index (χ1) is 11.0. The number of para-hydroxylation sites is 1. The zero-order valence-electron chi connectivity index (χ0n) is 15.6. The number of ether oxygens (including phenoxy) is 1. The van der Waals surface area contributed by atoms with Gasteiger partial charge >= 0.3 is 0 Å². The minimum Gasteiger partial charge on any atom is -0.493 e. The molecule has 23 heavy (non-hydrogen) atoms. The first-order valence-electron chi connectivity index (χ1n) is 9.23. The molecule has 0 bridgehead atoms. The van der Waals surface area contributed by atoms with Gasteiger partial charge in [0.05, 0.1) is 6.61 Å². The Morgan fingerprint density at radius 3 is 2.39 bits per heavy atom. The van der Waals surface area contributed by atoms with E-state index in [1.165, 1.54) is 31.2 Å². The van der Waals surface area contributed by atoms with Crippen molar-refractivity contribution in [2.24, 2.45) is 16.3 Å². The monoisotopic (exact) mass is 315 g/mol. The molecule has 1 aliphatic carbocycles. The third kappa shape index (κ3) is 4.83. The van der Waals surface area contributed by atoms with Gasteiger partial charge in [-0.1, -0.05) is 39.8 Å². The predicted octanol–water partition coefficient (Wildman–Crippen LogP) is 5.67. The largest absolute Gasteiger partial charge is 0.493 e. The zero-order chi connectivity index (χ0) is 16.9. The van der Waals surface area contributed by atoms with Crippen molar-refractivity contribution in [1.82, 2.24) is 0 Å². The molecule has 0 aliphatic heterocycles. The second-order valence-electron chi connectivity index (χ2n) is 7.77. The van der Waals surface area contributed by atoms with Crippen molar-refractivity contribution >= 4 is 6.21 Å². The highest BCUT2D eigenvalue weighted by atomic mass is 16.5. The normalized spacial score (nSPS) is 22.5. The molecule has 2 nitrogen and oxygen atoms in total. The molecule has 0 radical (unpaired) electrons.